The maximum Gasteiger partial charge on any atom is 0.292 e. The minimum Gasteiger partial charge on any atom is -0.424 e. The Balaban J connectivity index is 1.53. The molecule has 4 rings (SSSR count). The fraction of sp³-hybridized carbons (Fsp3) is 0.333. The van der Waals surface area contributed by atoms with Crippen molar-refractivity contribution in [2.75, 3.05) is 39.0 Å². The highest BCUT2D eigenvalue weighted by Gasteiger charge is 2.21. The minimum atomic E-state index is -0.539. The molecule has 1 aliphatic heterocycles. The van der Waals surface area contributed by atoms with Gasteiger partial charge in [-0.1, -0.05) is 12.1 Å². The van der Waals surface area contributed by atoms with Gasteiger partial charge in [-0.15, -0.1) is 4.91 Å². The number of piperazine rings is 1. The van der Waals surface area contributed by atoms with Gasteiger partial charge < -0.3 is 15.1 Å². The number of benzene rings is 2. The second-order valence-corrected chi connectivity index (χ2v) is 7.37. The van der Waals surface area contributed by atoms with Crippen LogP contribution in [0.2, 0.25) is 0 Å². The predicted molar refractivity (Wildman–Crippen MR) is 115 cm³/mol. The molecule has 1 unspecified atom stereocenters. The van der Waals surface area contributed by atoms with E-state index in [1.807, 2.05) is 37.3 Å². The summed E-state index contributed by atoms with van der Waals surface area (Å²) >= 11 is 0. The van der Waals surface area contributed by atoms with Gasteiger partial charge in [0.15, 0.2) is 11.7 Å². The van der Waals surface area contributed by atoms with Gasteiger partial charge >= 0.3 is 0 Å². The molecule has 0 spiro atoms. The number of likely N-dealkylation sites (N-methyl/N-ethyl adjacent to an activating group) is 1. The lowest BCUT2D eigenvalue weighted by atomic mass is 10.0. The summed E-state index contributed by atoms with van der Waals surface area (Å²) < 4.78 is 5.33. The van der Waals surface area contributed by atoms with Gasteiger partial charge in [-0.2, -0.15) is 4.98 Å². The van der Waals surface area contributed by atoms with Crippen molar-refractivity contribution < 1.29 is 4.42 Å². The third-order valence-electron chi connectivity index (χ3n) is 5.30. The van der Waals surface area contributed by atoms with E-state index < -0.39 is 6.17 Å². The van der Waals surface area contributed by atoms with Crippen LogP contribution in [0.5, 0.6) is 0 Å². The Labute approximate surface area is 169 Å². The van der Waals surface area contributed by atoms with Crippen LogP contribution >= 0.6 is 0 Å². The highest BCUT2D eigenvalue weighted by atomic mass is 16.4. The number of hydrogen-bond acceptors (Lipinski definition) is 8. The third kappa shape index (κ3) is 4.18. The standard InChI is InChI=1S/C21H24N6O2/c1-14-11-15(16-4-6-19-18(12-16)24-21(22)29-19)3-5-17(14)23-13-20(25-28)27-9-7-26(2)8-10-27/h3-6,11-13,20H,7-10H2,1-2H3,(H2,22,24)/b23-13-. The fourth-order valence-corrected chi connectivity index (χ4v) is 3.53. The summed E-state index contributed by atoms with van der Waals surface area (Å²) in [4.78, 5) is 24.3. The lowest BCUT2D eigenvalue weighted by Gasteiger charge is -2.33. The smallest absolute Gasteiger partial charge is 0.292 e. The van der Waals surface area contributed by atoms with Crippen LogP contribution in [-0.2, 0) is 0 Å². The first-order valence-electron chi connectivity index (χ1n) is 9.60. The van der Waals surface area contributed by atoms with Crippen molar-refractivity contribution >= 4 is 29.0 Å². The first-order valence-corrected chi connectivity index (χ1v) is 9.60. The molecule has 1 saturated heterocycles. The van der Waals surface area contributed by atoms with E-state index in [4.69, 9.17) is 10.2 Å². The Morgan fingerprint density at radius 3 is 2.59 bits per heavy atom. The van der Waals surface area contributed by atoms with Crippen molar-refractivity contribution in [3.63, 3.8) is 0 Å². The van der Waals surface area contributed by atoms with Crippen molar-refractivity contribution in [3.8, 4) is 11.1 Å². The lowest BCUT2D eigenvalue weighted by molar-refractivity contribution is 0.140. The number of nitrogens with two attached hydrogens (primary N) is 1. The topological polar surface area (TPSA) is 100 Å². The van der Waals surface area contributed by atoms with E-state index in [2.05, 4.69) is 38.1 Å². The molecule has 0 aliphatic carbocycles. The average Bonchev–Trinajstić information content (AvgIpc) is 3.09. The number of anilines is 1. The molecule has 0 amide bonds. The molecule has 0 bridgehead atoms. The molecule has 2 aromatic carbocycles. The summed E-state index contributed by atoms with van der Waals surface area (Å²) in [5, 5.41) is 3.26. The maximum atomic E-state index is 11.3. The Bertz CT molecular complexity index is 1050. The zero-order valence-electron chi connectivity index (χ0n) is 16.6. The molecule has 0 saturated carbocycles. The second-order valence-electron chi connectivity index (χ2n) is 7.37. The molecule has 1 aliphatic rings. The zero-order valence-corrected chi connectivity index (χ0v) is 16.6. The van der Waals surface area contributed by atoms with E-state index in [9.17, 15) is 4.91 Å². The fourth-order valence-electron chi connectivity index (χ4n) is 3.53. The second kappa shape index (κ2) is 8.10. The first kappa shape index (κ1) is 19.2. The highest BCUT2D eigenvalue weighted by Crippen LogP contribution is 2.29. The van der Waals surface area contributed by atoms with E-state index in [-0.39, 0.29) is 6.01 Å². The van der Waals surface area contributed by atoms with Crippen LogP contribution < -0.4 is 5.73 Å². The van der Waals surface area contributed by atoms with E-state index in [1.54, 1.807) is 6.21 Å². The number of aryl methyl sites for hydroxylation is 1. The number of nitroso groups, excluding NO2 is 1. The Kier molecular flexibility index (Phi) is 5.37. The molecular weight excluding hydrogens is 368 g/mol. The van der Waals surface area contributed by atoms with Crippen LogP contribution in [0.4, 0.5) is 11.7 Å². The van der Waals surface area contributed by atoms with Crippen LogP contribution in [-0.4, -0.2) is 60.4 Å². The third-order valence-corrected chi connectivity index (χ3v) is 5.30. The minimum absolute atomic E-state index is 0.164. The first-order chi connectivity index (χ1) is 14.0. The van der Waals surface area contributed by atoms with E-state index >= 15 is 0 Å². The summed E-state index contributed by atoms with van der Waals surface area (Å²) in [7, 11) is 2.08. The SMILES string of the molecule is Cc1cc(-c2ccc3oc(N)nc3c2)ccc1/N=C\C(N=O)N1CCN(C)CC1. The number of nitrogen functional groups attached to an aromatic ring is 1. The van der Waals surface area contributed by atoms with Gasteiger partial charge in [0, 0.05) is 32.4 Å². The van der Waals surface area contributed by atoms with Gasteiger partial charge in [0.2, 0.25) is 0 Å². The summed E-state index contributed by atoms with van der Waals surface area (Å²) in [5.74, 6) is 0. The maximum absolute atomic E-state index is 11.3. The Morgan fingerprint density at radius 1 is 1.14 bits per heavy atom. The van der Waals surface area contributed by atoms with Gasteiger partial charge in [-0.25, -0.2) is 0 Å². The summed E-state index contributed by atoms with van der Waals surface area (Å²) in [6, 6.07) is 12.0. The lowest BCUT2D eigenvalue weighted by Crippen LogP contribution is -2.48. The monoisotopic (exact) mass is 392 g/mol. The largest absolute Gasteiger partial charge is 0.424 e. The summed E-state index contributed by atoms with van der Waals surface area (Å²) in [5.41, 5.74) is 10.9. The molecule has 8 nitrogen and oxygen atoms in total. The van der Waals surface area contributed by atoms with E-state index in [0.717, 1.165) is 54.1 Å². The van der Waals surface area contributed by atoms with Gasteiger partial charge in [-0.3, -0.25) is 9.89 Å². The van der Waals surface area contributed by atoms with Gasteiger partial charge in [0.25, 0.3) is 6.01 Å². The van der Waals surface area contributed by atoms with Crippen molar-refractivity contribution in [2.45, 2.75) is 13.1 Å². The Hall–Kier alpha value is -3.10. The molecule has 0 radical (unpaired) electrons. The van der Waals surface area contributed by atoms with Crippen LogP contribution in [0.3, 0.4) is 0 Å². The van der Waals surface area contributed by atoms with E-state index in [1.165, 1.54) is 0 Å². The molecule has 29 heavy (non-hydrogen) atoms. The number of aromatic nitrogens is 1. The predicted octanol–water partition coefficient (Wildman–Crippen LogP) is 3.43. The number of fused-ring (bicyclic) bond motifs is 1. The molecule has 3 aromatic rings. The van der Waals surface area contributed by atoms with Gasteiger partial charge in [0.05, 0.1) is 5.69 Å². The highest BCUT2D eigenvalue weighted by molar-refractivity contribution is 5.82. The van der Waals surface area contributed by atoms with E-state index in [0.29, 0.717) is 5.58 Å². The molecule has 2 heterocycles. The van der Waals surface area contributed by atoms with Gasteiger partial charge in [-0.05, 0) is 60.1 Å². The quantitative estimate of drug-likeness (QED) is 0.527. The van der Waals surface area contributed by atoms with Crippen LogP contribution in [0.15, 0.2) is 51.0 Å². The Morgan fingerprint density at radius 2 is 1.86 bits per heavy atom. The number of aliphatic imine (C=N–C) groups is 1. The number of rotatable bonds is 5. The van der Waals surface area contributed by atoms with Crippen molar-refractivity contribution in [2.24, 2.45) is 10.2 Å². The summed E-state index contributed by atoms with van der Waals surface area (Å²) in [6.45, 7) is 5.48. The van der Waals surface area contributed by atoms with Crippen molar-refractivity contribution in [3.05, 3.63) is 46.9 Å². The molecule has 1 fully saturated rings. The van der Waals surface area contributed by atoms with Crippen LogP contribution in [0, 0.1) is 11.8 Å². The average molecular weight is 392 g/mol. The molecule has 2 N–H and O–H groups in total. The molecule has 1 atom stereocenters. The normalized spacial score (nSPS) is 17.2. The van der Waals surface area contributed by atoms with Crippen molar-refractivity contribution in [1.82, 2.24) is 14.8 Å². The van der Waals surface area contributed by atoms with Crippen LogP contribution in [0.1, 0.15) is 5.56 Å². The number of nitrogens with zero attached hydrogens (tertiary/aromatic N) is 5. The number of hydrogen-bond donors (Lipinski definition) is 1. The zero-order chi connectivity index (χ0) is 20.4. The number of oxazole rings is 1. The molecular formula is C21H24N6O2. The molecule has 1 aromatic heterocycles. The molecule has 8 heteroatoms. The summed E-state index contributed by atoms with van der Waals surface area (Å²) in [6.07, 6.45) is 1.10. The van der Waals surface area contributed by atoms with Crippen molar-refractivity contribution in [1.29, 1.82) is 0 Å². The van der Waals surface area contributed by atoms with Gasteiger partial charge in [0.1, 0.15) is 5.52 Å². The van der Waals surface area contributed by atoms with Crippen LogP contribution in [0.25, 0.3) is 22.2 Å². The molecule has 150 valence electrons.